The van der Waals surface area contributed by atoms with Gasteiger partial charge in [0.05, 0.1) is 0 Å². The quantitative estimate of drug-likeness (QED) is 0.550. The zero-order chi connectivity index (χ0) is 16.1. The van der Waals surface area contributed by atoms with Crippen LogP contribution < -0.4 is 4.57 Å². The molecule has 0 unspecified atom stereocenters. The van der Waals surface area contributed by atoms with Gasteiger partial charge in [-0.25, -0.2) is 4.57 Å². The van der Waals surface area contributed by atoms with Crippen molar-refractivity contribution in [3.63, 3.8) is 0 Å². The van der Waals surface area contributed by atoms with E-state index in [1.807, 2.05) is 6.08 Å². The number of nitrogens with zero attached hydrogens (tertiary/aromatic N) is 1. The normalized spacial score (nSPS) is 12.4. The molecule has 1 aromatic carbocycles. The summed E-state index contributed by atoms with van der Waals surface area (Å²) in [5, 5.41) is 0. The van der Waals surface area contributed by atoms with E-state index in [-0.39, 0.29) is 0 Å². The largest absolute Gasteiger partial charge is 0.213 e. The van der Waals surface area contributed by atoms with Crippen molar-refractivity contribution in [1.29, 1.82) is 0 Å². The van der Waals surface area contributed by atoms with Crippen molar-refractivity contribution in [1.82, 2.24) is 0 Å². The average molecular weight is 290 g/mol. The molecule has 0 saturated heterocycles. The summed E-state index contributed by atoms with van der Waals surface area (Å²) in [7, 11) is 2.09. The maximum Gasteiger partial charge on any atom is 0.213 e. The van der Waals surface area contributed by atoms with Crippen molar-refractivity contribution < 1.29 is 4.57 Å². The first kappa shape index (κ1) is 16.0. The number of hydrogen-bond donors (Lipinski definition) is 0. The second-order valence-electron chi connectivity index (χ2n) is 5.69. The van der Waals surface area contributed by atoms with Crippen LogP contribution in [-0.4, -0.2) is 0 Å². The van der Waals surface area contributed by atoms with E-state index in [2.05, 4.69) is 93.7 Å². The Bertz CT molecular complexity index is 748. The lowest BCUT2D eigenvalue weighted by molar-refractivity contribution is -0.660. The zero-order valence-electron chi connectivity index (χ0n) is 13.9. The van der Waals surface area contributed by atoms with Gasteiger partial charge in [0.1, 0.15) is 7.05 Å². The highest BCUT2D eigenvalue weighted by atomic mass is 14.9. The van der Waals surface area contributed by atoms with E-state index in [9.17, 15) is 0 Å². The highest BCUT2D eigenvalue weighted by molar-refractivity contribution is 5.70. The van der Waals surface area contributed by atoms with Crippen LogP contribution in [0, 0.1) is 6.92 Å². The highest BCUT2D eigenvalue weighted by Gasteiger charge is 2.13. The first-order valence-corrected chi connectivity index (χ1v) is 7.56. The third-order valence-corrected chi connectivity index (χ3v) is 3.94. The predicted octanol–water partition coefficient (Wildman–Crippen LogP) is 5.02. The van der Waals surface area contributed by atoms with Crippen LogP contribution in [0.3, 0.4) is 0 Å². The topological polar surface area (TPSA) is 3.88 Å². The molecular formula is C21H24N+. The van der Waals surface area contributed by atoms with Crippen molar-refractivity contribution in [2.45, 2.75) is 20.8 Å². The second kappa shape index (κ2) is 7.04. The number of aromatic nitrogens is 1. The van der Waals surface area contributed by atoms with Crippen LogP contribution in [0.25, 0.3) is 16.8 Å². The van der Waals surface area contributed by atoms with Gasteiger partial charge in [0.25, 0.3) is 0 Å². The van der Waals surface area contributed by atoms with Crippen LogP contribution in [0.2, 0.25) is 0 Å². The van der Waals surface area contributed by atoms with Crippen molar-refractivity contribution in [2.24, 2.45) is 7.05 Å². The molecule has 0 amide bonds. The standard InChI is InChI=1S/C21H24N/c1-6-16(2)11-12-17(3)19-13-14-22(5)21(15-19)20-10-8-7-9-18(20)4/h6-15H,1H2,2-5H3/q+1/b16-11-,17-12+. The number of benzene rings is 1. The van der Waals surface area contributed by atoms with E-state index < -0.39 is 0 Å². The second-order valence-corrected chi connectivity index (χ2v) is 5.69. The minimum atomic E-state index is 1.17. The Balaban J connectivity index is 2.48. The maximum atomic E-state index is 3.79. The van der Waals surface area contributed by atoms with Gasteiger partial charge in [-0.05, 0) is 43.5 Å². The molecule has 0 aliphatic rings. The summed E-state index contributed by atoms with van der Waals surface area (Å²) in [6, 6.07) is 12.9. The lowest BCUT2D eigenvalue weighted by Crippen LogP contribution is -2.30. The molecule has 0 aliphatic carbocycles. The Labute approximate surface area is 133 Å². The third-order valence-electron chi connectivity index (χ3n) is 3.94. The van der Waals surface area contributed by atoms with E-state index >= 15 is 0 Å². The average Bonchev–Trinajstić information content (AvgIpc) is 2.53. The Morgan fingerprint density at radius 3 is 2.50 bits per heavy atom. The summed E-state index contributed by atoms with van der Waals surface area (Å²) < 4.78 is 2.17. The minimum absolute atomic E-state index is 1.17. The van der Waals surface area contributed by atoms with Crippen LogP contribution in [-0.2, 0) is 7.05 Å². The summed E-state index contributed by atoms with van der Waals surface area (Å²) >= 11 is 0. The smallest absolute Gasteiger partial charge is 0.201 e. The van der Waals surface area contributed by atoms with E-state index in [1.165, 1.54) is 33.5 Å². The third kappa shape index (κ3) is 3.62. The fourth-order valence-corrected chi connectivity index (χ4v) is 2.36. The number of hydrogen-bond acceptors (Lipinski definition) is 0. The van der Waals surface area contributed by atoms with Gasteiger partial charge in [0.2, 0.25) is 5.69 Å². The fraction of sp³-hybridized carbons (Fsp3) is 0.190. The van der Waals surface area contributed by atoms with Gasteiger partial charge in [-0.15, -0.1) is 0 Å². The number of allylic oxidation sites excluding steroid dienone is 5. The monoisotopic (exact) mass is 290 g/mol. The van der Waals surface area contributed by atoms with Gasteiger partial charge in [-0.3, -0.25) is 0 Å². The molecule has 0 spiro atoms. The molecule has 1 nitrogen and oxygen atoms in total. The first-order chi connectivity index (χ1) is 10.5. The number of pyridine rings is 1. The van der Waals surface area contributed by atoms with Crippen LogP contribution in [0.5, 0.6) is 0 Å². The van der Waals surface area contributed by atoms with Crippen molar-refractivity contribution in [3.8, 4) is 11.3 Å². The lowest BCUT2D eigenvalue weighted by atomic mass is 10.0. The van der Waals surface area contributed by atoms with Gasteiger partial charge in [-0.2, -0.15) is 0 Å². The Morgan fingerprint density at radius 1 is 1.09 bits per heavy atom. The van der Waals surface area contributed by atoms with Crippen molar-refractivity contribution >= 4 is 5.57 Å². The molecule has 0 aliphatic heterocycles. The highest BCUT2D eigenvalue weighted by Crippen LogP contribution is 2.23. The Hall–Kier alpha value is -2.41. The summed E-state index contributed by atoms with van der Waals surface area (Å²) in [6.45, 7) is 10.1. The molecule has 0 radical (unpaired) electrons. The molecule has 0 saturated carbocycles. The maximum absolute atomic E-state index is 3.79. The van der Waals surface area contributed by atoms with Crippen LogP contribution in [0.4, 0.5) is 0 Å². The summed E-state index contributed by atoms with van der Waals surface area (Å²) in [5.74, 6) is 0. The van der Waals surface area contributed by atoms with Gasteiger partial charge in [-0.1, -0.05) is 48.6 Å². The van der Waals surface area contributed by atoms with Crippen molar-refractivity contribution in [3.05, 3.63) is 84.1 Å². The minimum Gasteiger partial charge on any atom is -0.201 e. The van der Waals surface area contributed by atoms with Gasteiger partial charge in [0.15, 0.2) is 6.20 Å². The Morgan fingerprint density at radius 2 is 1.82 bits per heavy atom. The number of aryl methyl sites for hydroxylation is 2. The Kier molecular flexibility index (Phi) is 5.11. The number of rotatable bonds is 4. The van der Waals surface area contributed by atoms with Gasteiger partial charge < -0.3 is 0 Å². The van der Waals surface area contributed by atoms with Gasteiger partial charge >= 0.3 is 0 Å². The molecule has 112 valence electrons. The summed E-state index contributed by atoms with van der Waals surface area (Å²) in [6.07, 6.45) is 8.24. The molecule has 1 heteroatoms. The molecule has 0 atom stereocenters. The molecule has 0 fully saturated rings. The molecule has 2 aromatic rings. The predicted molar refractivity (Wildman–Crippen MR) is 95.4 cm³/mol. The molecule has 1 heterocycles. The zero-order valence-corrected chi connectivity index (χ0v) is 13.9. The lowest BCUT2D eigenvalue weighted by Gasteiger charge is -2.07. The summed E-state index contributed by atoms with van der Waals surface area (Å²) in [5.41, 5.74) is 7.45. The molecule has 2 rings (SSSR count). The van der Waals surface area contributed by atoms with Crippen LogP contribution in [0.15, 0.2) is 73.0 Å². The first-order valence-electron chi connectivity index (χ1n) is 7.56. The fourth-order valence-electron chi connectivity index (χ4n) is 2.36. The van der Waals surface area contributed by atoms with E-state index in [1.54, 1.807) is 0 Å². The van der Waals surface area contributed by atoms with E-state index in [4.69, 9.17) is 0 Å². The summed E-state index contributed by atoms with van der Waals surface area (Å²) in [4.78, 5) is 0. The van der Waals surface area contributed by atoms with E-state index in [0.717, 1.165) is 0 Å². The molecule has 0 N–H and O–H groups in total. The van der Waals surface area contributed by atoms with Crippen LogP contribution >= 0.6 is 0 Å². The van der Waals surface area contributed by atoms with Crippen molar-refractivity contribution in [2.75, 3.05) is 0 Å². The molecule has 1 aromatic heterocycles. The molecular weight excluding hydrogens is 266 g/mol. The van der Waals surface area contributed by atoms with Gasteiger partial charge in [0, 0.05) is 17.7 Å². The SMILES string of the molecule is C=C/C(C)=C\C=C(/C)c1cc[n+](C)c(-c2ccccc2C)c1. The van der Waals surface area contributed by atoms with Crippen LogP contribution in [0.1, 0.15) is 25.0 Å². The molecule has 22 heavy (non-hydrogen) atoms. The molecule has 0 bridgehead atoms. The van der Waals surface area contributed by atoms with E-state index in [0.29, 0.717) is 0 Å².